The molecular formula is C17H24NO5P. The van der Waals surface area contributed by atoms with E-state index in [1.807, 2.05) is 6.92 Å². The molecule has 0 saturated heterocycles. The number of benzene rings is 1. The Labute approximate surface area is 142 Å². The average molecular weight is 353 g/mol. The summed E-state index contributed by atoms with van der Waals surface area (Å²) in [5, 5.41) is 10.3. The molecule has 1 heterocycles. The van der Waals surface area contributed by atoms with Crippen LogP contribution in [0.25, 0.3) is 0 Å². The smallest absolute Gasteiger partial charge is 0.261 e. The molecule has 0 radical (unpaired) electrons. The third kappa shape index (κ3) is 4.12. The van der Waals surface area contributed by atoms with E-state index in [1.54, 1.807) is 31.2 Å². The second-order valence-corrected chi connectivity index (χ2v) is 8.61. The molecule has 132 valence electrons. The molecule has 1 aromatic rings. The summed E-state index contributed by atoms with van der Waals surface area (Å²) in [6.45, 7) is 3.89. The molecule has 1 N–H and O–H groups in total. The highest BCUT2D eigenvalue weighted by Gasteiger charge is 2.37. The number of imide groups is 1. The van der Waals surface area contributed by atoms with Crippen LogP contribution in [-0.2, 0) is 9.09 Å². The number of amides is 2. The molecule has 0 spiro atoms. The van der Waals surface area contributed by atoms with E-state index >= 15 is 0 Å². The highest BCUT2D eigenvalue weighted by molar-refractivity contribution is 7.59. The number of β-amino-alcohol motifs (C(OH)–C–C–N with tert-alkyl or cyclic N) is 1. The molecule has 2 unspecified atom stereocenters. The topological polar surface area (TPSA) is 83.9 Å². The minimum absolute atomic E-state index is 0.0474. The lowest BCUT2D eigenvalue weighted by atomic mass is 10.1. The molecule has 0 saturated carbocycles. The molecule has 24 heavy (non-hydrogen) atoms. The van der Waals surface area contributed by atoms with Gasteiger partial charge in [-0.15, -0.1) is 0 Å². The van der Waals surface area contributed by atoms with Crippen molar-refractivity contribution < 1.29 is 23.8 Å². The third-order valence-electron chi connectivity index (χ3n) is 3.98. The van der Waals surface area contributed by atoms with Crippen LogP contribution in [-0.4, -0.2) is 53.4 Å². The molecule has 0 aliphatic carbocycles. The van der Waals surface area contributed by atoms with E-state index in [1.165, 1.54) is 0 Å². The Balaban J connectivity index is 2.04. The third-order valence-corrected chi connectivity index (χ3v) is 6.68. The van der Waals surface area contributed by atoms with Crippen molar-refractivity contribution in [1.29, 1.82) is 0 Å². The monoisotopic (exact) mass is 353 g/mol. The first-order chi connectivity index (χ1) is 11.4. The quantitative estimate of drug-likeness (QED) is 0.545. The van der Waals surface area contributed by atoms with Crippen LogP contribution in [0.2, 0.25) is 0 Å². The molecule has 6 nitrogen and oxygen atoms in total. The largest absolute Gasteiger partial charge is 0.391 e. The van der Waals surface area contributed by atoms with Crippen LogP contribution in [0.3, 0.4) is 0 Å². The first-order valence-electron chi connectivity index (χ1n) is 8.27. The Morgan fingerprint density at radius 1 is 1.17 bits per heavy atom. The van der Waals surface area contributed by atoms with Crippen molar-refractivity contribution >= 4 is 19.2 Å². The second kappa shape index (κ2) is 8.06. The number of fused-ring (bicyclic) bond motifs is 1. The maximum Gasteiger partial charge on any atom is 0.261 e. The lowest BCUT2D eigenvalue weighted by Crippen LogP contribution is -2.38. The Morgan fingerprint density at radius 2 is 1.75 bits per heavy atom. The molecule has 1 aromatic carbocycles. The fraction of sp³-hybridized carbons (Fsp3) is 0.529. The van der Waals surface area contributed by atoms with Gasteiger partial charge in [-0.25, -0.2) is 0 Å². The molecule has 2 rings (SSSR count). The molecule has 7 heteroatoms. The Morgan fingerprint density at radius 3 is 2.25 bits per heavy atom. The van der Waals surface area contributed by atoms with Crippen molar-refractivity contribution in [2.75, 3.05) is 25.5 Å². The van der Waals surface area contributed by atoms with Crippen LogP contribution >= 0.6 is 7.37 Å². The summed E-state index contributed by atoms with van der Waals surface area (Å²) in [4.78, 5) is 25.6. The van der Waals surface area contributed by atoms with Crippen LogP contribution < -0.4 is 0 Å². The number of hydrogen-bond donors (Lipinski definition) is 1. The summed E-state index contributed by atoms with van der Waals surface area (Å²) >= 11 is 0. The number of hydrogen-bond acceptors (Lipinski definition) is 5. The van der Waals surface area contributed by atoms with E-state index in [9.17, 15) is 19.3 Å². The van der Waals surface area contributed by atoms with Crippen molar-refractivity contribution in [2.45, 2.75) is 32.8 Å². The zero-order valence-corrected chi connectivity index (χ0v) is 15.0. The van der Waals surface area contributed by atoms with Crippen molar-refractivity contribution in [3.63, 3.8) is 0 Å². The van der Waals surface area contributed by atoms with Gasteiger partial charge in [-0.3, -0.25) is 19.1 Å². The maximum absolute atomic E-state index is 12.8. The highest BCUT2D eigenvalue weighted by Crippen LogP contribution is 2.48. The normalized spacial score (nSPS) is 17.7. The number of carbonyl (C=O) groups excluding carboxylic acids is 2. The SMILES string of the molecule is CCCCP(=O)(CC(O)CN1C(=O)c2ccccc2C1=O)OCC. The minimum Gasteiger partial charge on any atom is -0.391 e. The van der Waals surface area contributed by atoms with Crippen molar-refractivity contribution in [3.05, 3.63) is 35.4 Å². The van der Waals surface area contributed by atoms with Crippen LogP contribution in [0.15, 0.2) is 24.3 Å². The van der Waals surface area contributed by atoms with Gasteiger partial charge in [0, 0.05) is 6.16 Å². The molecular weight excluding hydrogens is 329 g/mol. The Kier molecular flexibility index (Phi) is 6.33. The molecule has 1 aliphatic rings. The summed E-state index contributed by atoms with van der Waals surface area (Å²) < 4.78 is 18.2. The lowest BCUT2D eigenvalue weighted by molar-refractivity contribution is 0.0562. The van der Waals surface area contributed by atoms with Gasteiger partial charge < -0.3 is 9.63 Å². The Bertz CT molecular complexity index is 625. The van der Waals surface area contributed by atoms with Crippen molar-refractivity contribution in [1.82, 2.24) is 4.90 Å². The van der Waals surface area contributed by atoms with Gasteiger partial charge in [-0.1, -0.05) is 25.5 Å². The van der Waals surface area contributed by atoms with Gasteiger partial charge in [-0.05, 0) is 25.5 Å². The summed E-state index contributed by atoms with van der Waals surface area (Å²) in [6.07, 6.45) is 0.911. The fourth-order valence-electron chi connectivity index (χ4n) is 2.84. The van der Waals surface area contributed by atoms with Gasteiger partial charge >= 0.3 is 0 Å². The summed E-state index contributed by atoms with van der Waals surface area (Å²) in [5.41, 5.74) is 0.683. The van der Waals surface area contributed by atoms with Gasteiger partial charge in [0.1, 0.15) is 0 Å². The molecule has 0 fully saturated rings. The maximum atomic E-state index is 12.8. The van der Waals surface area contributed by atoms with Crippen molar-refractivity contribution in [2.24, 2.45) is 0 Å². The van der Waals surface area contributed by atoms with Crippen LogP contribution in [0, 0.1) is 0 Å². The fourth-order valence-corrected chi connectivity index (χ4v) is 5.28. The molecule has 0 bridgehead atoms. The number of aliphatic hydroxyl groups is 1. The van der Waals surface area contributed by atoms with E-state index in [2.05, 4.69) is 0 Å². The van der Waals surface area contributed by atoms with Crippen LogP contribution in [0.5, 0.6) is 0 Å². The number of carbonyl (C=O) groups is 2. The number of aliphatic hydroxyl groups excluding tert-OH is 1. The zero-order valence-electron chi connectivity index (χ0n) is 14.1. The number of unbranched alkanes of at least 4 members (excludes halogenated alkanes) is 1. The van der Waals surface area contributed by atoms with E-state index in [4.69, 9.17) is 4.52 Å². The Hall–Kier alpha value is -1.49. The zero-order chi connectivity index (χ0) is 17.7. The molecule has 2 atom stereocenters. The second-order valence-electron chi connectivity index (χ2n) is 5.91. The predicted molar refractivity (Wildman–Crippen MR) is 91.7 cm³/mol. The van der Waals surface area contributed by atoms with Gasteiger partial charge in [0.05, 0.1) is 36.5 Å². The van der Waals surface area contributed by atoms with Gasteiger partial charge in [-0.2, -0.15) is 0 Å². The average Bonchev–Trinajstić information content (AvgIpc) is 2.79. The van der Waals surface area contributed by atoms with Crippen LogP contribution in [0.4, 0.5) is 0 Å². The summed E-state index contributed by atoms with van der Waals surface area (Å²) in [5.74, 6) is -0.844. The van der Waals surface area contributed by atoms with E-state index in [0.29, 0.717) is 23.9 Å². The van der Waals surface area contributed by atoms with Gasteiger partial charge in [0.25, 0.3) is 11.8 Å². The highest BCUT2D eigenvalue weighted by atomic mass is 31.2. The predicted octanol–water partition coefficient (Wildman–Crippen LogP) is 2.76. The van der Waals surface area contributed by atoms with Crippen LogP contribution in [0.1, 0.15) is 47.4 Å². The molecule has 1 aliphatic heterocycles. The molecule has 0 aromatic heterocycles. The van der Waals surface area contributed by atoms with E-state index < -0.39 is 25.3 Å². The first-order valence-corrected chi connectivity index (χ1v) is 10.3. The summed E-state index contributed by atoms with van der Waals surface area (Å²) in [6, 6.07) is 6.57. The minimum atomic E-state index is -2.96. The molecule has 2 amide bonds. The van der Waals surface area contributed by atoms with E-state index in [-0.39, 0.29) is 12.7 Å². The van der Waals surface area contributed by atoms with Gasteiger partial charge in [0.15, 0.2) is 0 Å². The number of nitrogens with zero attached hydrogens (tertiary/aromatic N) is 1. The first kappa shape index (κ1) is 18.8. The standard InChI is InChI=1S/C17H24NO5P/c1-3-5-10-24(22,23-4-2)12-13(19)11-18-16(20)14-8-6-7-9-15(14)17(18)21/h6-9,13,19H,3-5,10-12H2,1-2H3. The van der Waals surface area contributed by atoms with E-state index in [0.717, 1.165) is 17.7 Å². The lowest BCUT2D eigenvalue weighted by Gasteiger charge is -2.23. The van der Waals surface area contributed by atoms with Gasteiger partial charge in [0.2, 0.25) is 7.37 Å². The summed E-state index contributed by atoms with van der Waals surface area (Å²) in [7, 11) is -2.96. The van der Waals surface area contributed by atoms with Crippen molar-refractivity contribution in [3.8, 4) is 0 Å². The number of rotatable bonds is 9.